The number of ketones is 1. The minimum atomic E-state index is -0.896. The number of carbonyl (C=O) groups is 2. The molecule has 0 saturated heterocycles. The molecule has 0 fully saturated rings. The standard InChI is InChI=1S/C16H14O6/c1-8-6-11(18)14(12(19)7-8)15(20)9-4-3-5-10(17)13(9)16(21)22-2/h3-7,17-19H,1-2H3. The third-order valence-electron chi connectivity index (χ3n) is 3.14. The van der Waals surface area contributed by atoms with Gasteiger partial charge in [0, 0.05) is 5.56 Å². The summed E-state index contributed by atoms with van der Waals surface area (Å²) in [6, 6.07) is 6.53. The molecule has 0 aliphatic carbocycles. The summed E-state index contributed by atoms with van der Waals surface area (Å²) < 4.78 is 4.55. The molecule has 0 radical (unpaired) electrons. The molecule has 0 amide bonds. The van der Waals surface area contributed by atoms with Crippen LogP contribution < -0.4 is 0 Å². The Balaban J connectivity index is 2.66. The first-order valence-corrected chi connectivity index (χ1v) is 6.34. The predicted molar refractivity (Wildman–Crippen MR) is 77.4 cm³/mol. The molecule has 2 aromatic carbocycles. The maximum Gasteiger partial charge on any atom is 0.342 e. The Morgan fingerprint density at radius 3 is 2.09 bits per heavy atom. The van der Waals surface area contributed by atoms with Crippen LogP contribution in [0, 0.1) is 6.92 Å². The van der Waals surface area contributed by atoms with Crippen molar-refractivity contribution >= 4 is 11.8 Å². The zero-order valence-electron chi connectivity index (χ0n) is 12.0. The Morgan fingerprint density at radius 2 is 1.55 bits per heavy atom. The van der Waals surface area contributed by atoms with Crippen molar-refractivity contribution in [2.75, 3.05) is 7.11 Å². The van der Waals surface area contributed by atoms with E-state index in [1.54, 1.807) is 6.92 Å². The SMILES string of the molecule is COC(=O)c1c(O)cccc1C(=O)c1c(O)cc(C)cc1O. The lowest BCUT2D eigenvalue weighted by atomic mass is 9.95. The Bertz CT molecular complexity index is 740. The number of ether oxygens (including phenoxy) is 1. The minimum absolute atomic E-state index is 0.179. The average molecular weight is 302 g/mol. The molecule has 0 aliphatic rings. The molecule has 0 saturated carbocycles. The second-order valence-electron chi connectivity index (χ2n) is 4.70. The molecule has 6 heteroatoms. The number of phenolic OH excluding ortho intramolecular Hbond substituents is 3. The number of methoxy groups -OCH3 is 1. The summed E-state index contributed by atoms with van der Waals surface area (Å²) in [5, 5.41) is 29.6. The lowest BCUT2D eigenvalue weighted by molar-refractivity contribution is 0.0594. The van der Waals surface area contributed by atoms with Crippen LogP contribution in [0.2, 0.25) is 0 Å². The highest BCUT2D eigenvalue weighted by atomic mass is 16.5. The number of rotatable bonds is 3. The maximum atomic E-state index is 12.6. The maximum absolute atomic E-state index is 12.6. The first kappa shape index (κ1) is 15.4. The van der Waals surface area contributed by atoms with Gasteiger partial charge in [0.1, 0.15) is 28.4 Å². The molecule has 0 heterocycles. The van der Waals surface area contributed by atoms with E-state index in [9.17, 15) is 24.9 Å². The monoisotopic (exact) mass is 302 g/mol. The topological polar surface area (TPSA) is 104 Å². The lowest BCUT2D eigenvalue weighted by Gasteiger charge is -2.11. The number of benzene rings is 2. The van der Waals surface area contributed by atoms with Crippen molar-refractivity contribution in [1.29, 1.82) is 0 Å². The van der Waals surface area contributed by atoms with Crippen LogP contribution in [-0.2, 0) is 4.74 Å². The van der Waals surface area contributed by atoms with Crippen molar-refractivity contribution in [2.45, 2.75) is 6.92 Å². The van der Waals surface area contributed by atoms with E-state index in [4.69, 9.17) is 0 Å². The lowest BCUT2D eigenvalue weighted by Crippen LogP contribution is -2.12. The Labute approximate surface area is 126 Å². The summed E-state index contributed by atoms with van der Waals surface area (Å²) >= 11 is 0. The second kappa shape index (κ2) is 5.77. The number of hydrogen-bond acceptors (Lipinski definition) is 6. The number of hydrogen-bond donors (Lipinski definition) is 3. The first-order chi connectivity index (χ1) is 10.4. The van der Waals surface area contributed by atoms with Gasteiger partial charge in [-0.25, -0.2) is 4.79 Å². The van der Waals surface area contributed by atoms with Crippen LogP contribution in [0.25, 0.3) is 0 Å². The number of esters is 1. The van der Waals surface area contributed by atoms with Gasteiger partial charge in [-0.2, -0.15) is 0 Å². The van der Waals surface area contributed by atoms with Crippen LogP contribution in [0.5, 0.6) is 17.2 Å². The van der Waals surface area contributed by atoms with Gasteiger partial charge in [-0.15, -0.1) is 0 Å². The fraction of sp³-hybridized carbons (Fsp3) is 0.125. The van der Waals surface area contributed by atoms with E-state index in [-0.39, 0.29) is 16.7 Å². The van der Waals surface area contributed by atoms with Gasteiger partial charge in [-0.3, -0.25) is 4.79 Å². The van der Waals surface area contributed by atoms with Crippen LogP contribution in [0.1, 0.15) is 31.8 Å². The largest absolute Gasteiger partial charge is 0.507 e. The molecular formula is C16H14O6. The fourth-order valence-electron chi connectivity index (χ4n) is 2.16. The van der Waals surface area contributed by atoms with Gasteiger partial charge in [0.2, 0.25) is 5.78 Å². The van der Waals surface area contributed by atoms with Crippen molar-refractivity contribution in [1.82, 2.24) is 0 Å². The van der Waals surface area contributed by atoms with E-state index < -0.39 is 29.0 Å². The first-order valence-electron chi connectivity index (χ1n) is 6.34. The Kier molecular flexibility index (Phi) is 4.03. The quantitative estimate of drug-likeness (QED) is 0.592. The molecule has 0 aromatic heterocycles. The average Bonchev–Trinajstić information content (AvgIpc) is 2.45. The van der Waals surface area contributed by atoms with E-state index in [0.29, 0.717) is 5.56 Å². The second-order valence-corrected chi connectivity index (χ2v) is 4.70. The van der Waals surface area contributed by atoms with Gasteiger partial charge in [-0.05, 0) is 36.8 Å². The number of aromatic hydroxyl groups is 3. The van der Waals surface area contributed by atoms with Gasteiger partial charge in [-0.1, -0.05) is 6.07 Å². The summed E-state index contributed by atoms with van der Waals surface area (Å²) in [5.41, 5.74) is -0.285. The van der Waals surface area contributed by atoms with Crippen molar-refractivity contribution in [2.24, 2.45) is 0 Å². The van der Waals surface area contributed by atoms with Gasteiger partial charge < -0.3 is 20.1 Å². The summed E-state index contributed by atoms with van der Waals surface area (Å²) in [7, 11) is 1.11. The minimum Gasteiger partial charge on any atom is -0.507 e. The van der Waals surface area contributed by atoms with E-state index in [1.807, 2.05) is 0 Å². The summed E-state index contributed by atoms with van der Waals surface area (Å²) in [5.74, 6) is -2.95. The van der Waals surface area contributed by atoms with Gasteiger partial charge in [0.25, 0.3) is 0 Å². The van der Waals surface area contributed by atoms with Gasteiger partial charge in [0.05, 0.1) is 7.11 Å². The third kappa shape index (κ3) is 2.58. The molecule has 0 spiro atoms. The molecule has 6 nitrogen and oxygen atoms in total. The van der Waals surface area contributed by atoms with Gasteiger partial charge >= 0.3 is 5.97 Å². The fourth-order valence-corrected chi connectivity index (χ4v) is 2.16. The van der Waals surface area contributed by atoms with Crippen LogP contribution in [0.4, 0.5) is 0 Å². The van der Waals surface area contributed by atoms with Crippen molar-refractivity contribution in [3.63, 3.8) is 0 Å². The Morgan fingerprint density at radius 1 is 0.955 bits per heavy atom. The summed E-state index contributed by atoms with van der Waals surface area (Å²) in [6.45, 7) is 1.64. The van der Waals surface area contributed by atoms with Crippen LogP contribution >= 0.6 is 0 Å². The van der Waals surface area contributed by atoms with Crippen LogP contribution in [-0.4, -0.2) is 34.2 Å². The summed E-state index contributed by atoms with van der Waals surface area (Å²) in [4.78, 5) is 24.3. The summed E-state index contributed by atoms with van der Waals surface area (Å²) in [6.07, 6.45) is 0. The van der Waals surface area contributed by atoms with E-state index in [0.717, 1.165) is 7.11 Å². The normalized spacial score (nSPS) is 10.3. The van der Waals surface area contributed by atoms with Crippen molar-refractivity contribution < 1.29 is 29.6 Å². The molecule has 22 heavy (non-hydrogen) atoms. The molecule has 114 valence electrons. The van der Waals surface area contributed by atoms with Crippen LogP contribution in [0.15, 0.2) is 30.3 Å². The third-order valence-corrected chi connectivity index (χ3v) is 3.14. The molecule has 2 aromatic rings. The number of carbonyl (C=O) groups excluding carboxylic acids is 2. The molecule has 2 rings (SSSR count). The zero-order valence-corrected chi connectivity index (χ0v) is 12.0. The number of phenols is 3. The molecule has 3 N–H and O–H groups in total. The highest BCUT2D eigenvalue weighted by Gasteiger charge is 2.26. The van der Waals surface area contributed by atoms with Crippen LogP contribution in [0.3, 0.4) is 0 Å². The van der Waals surface area contributed by atoms with E-state index in [2.05, 4.69) is 4.74 Å². The molecule has 0 unspecified atom stereocenters. The molecular weight excluding hydrogens is 288 g/mol. The smallest absolute Gasteiger partial charge is 0.342 e. The van der Waals surface area contributed by atoms with Crippen molar-refractivity contribution in [3.8, 4) is 17.2 Å². The highest BCUT2D eigenvalue weighted by molar-refractivity contribution is 6.17. The molecule has 0 atom stereocenters. The zero-order chi connectivity index (χ0) is 16.4. The van der Waals surface area contributed by atoms with Crippen molar-refractivity contribution in [3.05, 3.63) is 52.6 Å². The molecule has 0 bridgehead atoms. The Hall–Kier alpha value is -3.02. The van der Waals surface area contributed by atoms with E-state index >= 15 is 0 Å². The van der Waals surface area contributed by atoms with Gasteiger partial charge in [0.15, 0.2) is 0 Å². The van der Waals surface area contributed by atoms with E-state index in [1.165, 1.54) is 30.3 Å². The highest BCUT2D eigenvalue weighted by Crippen LogP contribution is 2.33. The predicted octanol–water partition coefficient (Wildman–Crippen LogP) is 2.13. The number of aryl methyl sites for hydroxylation is 1. The molecule has 0 aliphatic heterocycles.